The monoisotopic (exact) mass is 380 g/mol. The number of nitrogens with zero attached hydrogens (tertiary/aromatic N) is 6. The largest absolute Gasteiger partial charge is 0.419 e. The Hall–Kier alpha value is -3.00. The van der Waals surface area contributed by atoms with E-state index in [-0.39, 0.29) is 0 Å². The zero-order valence-electron chi connectivity index (χ0n) is 16.2. The van der Waals surface area contributed by atoms with Crippen LogP contribution in [0.3, 0.4) is 0 Å². The first-order valence-electron chi connectivity index (χ1n) is 9.52. The maximum atomic E-state index is 5.83. The molecule has 146 valence electrons. The zero-order valence-corrected chi connectivity index (χ0v) is 16.2. The molecule has 28 heavy (non-hydrogen) atoms. The van der Waals surface area contributed by atoms with Crippen LogP contribution in [0.5, 0.6) is 0 Å². The molecule has 3 aromatic rings. The Balaban J connectivity index is 1.53. The molecule has 0 unspecified atom stereocenters. The lowest BCUT2D eigenvalue weighted by Gasteiger charge is -2.28. The molecule has 8 heteroatoms. The van der Waals surface area contributed by atoms with E-state index >= 15 is 0 Å². The van der Waals surface area contributed by atoms with Crippen molar-refractivity contribution in [3.05, 3.63) is 48.0 Å². The highest BCUT2D eigenvalue weighted by Crippen LogP contribution is 2.21. The molecule has 1 aliphatic rings. The van der Waals surface area contributed by atoms with Crippen molar-refractivity contribution in [3.8, 4) is 11.5 Å². The minimum absolute atomic E-state index is 0.475. The summed E-state index contributed by atoms with van der Waals surface area (Å²) < 4.78 is 11.3. The minimum Gasteiger partial charge on any atom is -0.419 e. The number of anilines is 2. The lowest BCUT2D eigenvalue weighted by molar-refractivity contribution is 0.122. The van der Waals surface area contributed by atoms with Crippen LogP contribution in [0.25, 0.3) is 11.5 Å². The van der Waals surface area contributed by atoms with Gasteiger partial charge in [0.25, 0.3) is 0 Å². The van der Waals surface area contributed by atoms with E-state index in [1.807, 2.05) is 48.3 Å². The first kappa shape index (κ1) is 18.4. The van der Waals surface area contributed by atoms with Crippen molar-refractivity contribution < 1.29 is 9.15 Å². The summed E-state index contributed by atoms with van der Waals surface area (Å²) in [4.78, 5) is 13.6. The van der Waals surface area contributed by atoms with E-state index in [0.717, 1.165) is 42.5 Å². The summed E-state index contributed by atoms with van der Waals surface area (Å²) in [6.45, 7) is 5.59. The van der Waals surface area contributed by atoms with Crippen molar-refractivity contribution in [2.45, 2.75) is 19.9 Å². The van der Waals surface area contributed by atoms with Crippen LogP contribution >= 0.6 is 0 Å². The molecule has 1 fully saturated rings. The van der Waals surface area contributed by atoms with Gasteiger partial charge in [-0.1, -0.05) is 25.1 Å². The standard InChI is InChI=1S/C20H24N6O2/c1-3-16-13-17(22-20(21-16)26-9-11-27-12-10-26)25(2)14-18-23-24-19(28-18)15-7-5-4-6-8-15/h4-8,13H,3,9-12,14H2,1-2H3. The van der Waals surface area contributed by atoms with E-state index in [1.54, 1.807) is 0 Å². The van der Waals surface area contributed by atoms with Gasteiger partial charge < -0.3 is 19.0 Å². The minimum atomic E-state index is 0.475. The van der Waals surface area contributed by atoms with Gasteiger partial charge in [-0.05, 0) is 18.6 Å². The van der Waals surface area contributed by atoms with Crippen LogP contribution in [0, 0.1) is 0 Å². The molecule has 0 radical (unpaired) electrons. The highest BCUT2D eigenvalue weighted by molar-refractivity contribution is 5.52. The number of benzene rings is 1. The molecule has 0 spiro atoms. The Bertz CT molecular complexity index is 908. The summed E-state index contributed by atoms with van der Waals surface area (Å²) in [7, 11) is 1.97. The maximum Gasteiger partial charge on any atom is 0.247 e. The summed E-state index contributed by atoms with van der Waals surface area (Å²) in [5, 5.41) is 8.34. The average molecular weight is 380 g/mol. The van der Waals surface area contributed by atoms with Crippen molar-refractivity contribution in [1.29, 1.82) is 0 Å². The Morgan fingerprint density at radius 2 is 1.86 bits per heavy atom. The normalized spacial score (nSPS) is 14.3. The Morgan fingerprint density at radius 3 is 2.61 bits per heavy atom. The first-order chi connectivity index (χ1) is 13.7. The number of hydrogen-bond donors (Lipinski definition) is 0. The van der Waals surface area contributed by atoms with E-state index in [0.29, 0.717) is 31.5 Å². The van der Waals surface area contributed by atoms with Gasteiger partial charge in [0.1, 0.15) is 5.82 Å². The second-order valence-electron chi connectivity index (χ2n) is 6.69. The smallest absolute Gasteiger partial charge is 0.247 e. The van der Waals surface area contributed by atoms with Crippen LogP contribution in [0.2, 0.25) is 0 Å². The molecule has 0 aliphatic carbocycles. The molecule has 0 N–H and O–H groups in total. The van der Waals surface area contributed by atoms with Crippen LogP contribution < -0.4 is 9.80 Å². The summed E-state index contributed by atoms with van der Waals surface area (Å²) in [6.07, 6.45) is 0.847. The molecule has 1 saturated heterocycles. The molecule has 2 aromatic heterocycles. The molecular formula is C20H24N6O2. The molecule has 1 aromatic carbocycles. The SMILES string of the molecule is CCc1cc(N(C)Cc2nnc(-c3ccccc3)o2)nc(N2CCOCC2)n1. The zero-order chi connectivity index (χ0) is 19.3. The van der Waals surface area contributed by atoms with Gasteiger partial charge in [0, 0.05) is 37.5 Å². The third-order valence-electron chi connectivity index (χ3n) is 4.66. The summed E-state index contributed by atoms with van der Waals surface area (Å²) in [6, 6.07) is 11.8. The number of hydrogen-bond acceptors (Lipinski definition) is 8. The predicted molar refractivity (Wildman–Crippen MR) is 106 cm³/mol. The number of ether oxygens (including phenoxy) is 1. The number of aromatic nitrogens is 4. The van der Waals surface area contributed by atoms with E-state index in [4.69, 9.17) is 14.1 Å². The fourth-order valence-electron chi connectivity index (χ4n) is 3.05. The summed E-state index contributed by atoms with van der Waals surface area (Å²) >= 11 is 0. The molecule has 0 atom stereocenters. The van der Waals surface area contributed by atoms with E-state index < -0.39 is 0 Å². The van der Waals surface area contributed by atoms with Gasteiger partial charge in [-0.15, -0.1) is 10.2 Å². The summed E-state index contributed by atoms with van der Waals surface area (Å²) in [5.41, 5.74) is 1.92. The van der Waals surface area contributed by atoms with E-state index in [1.165, 1.54) is 0 Å². The first-order valence-corrected chi connectivity index (χ1v) is 9.52. The van der Waals surface area contributed by atoms with Gasteiger partial charge in [-0.2, -0.15) is 4.98 Å². The third kappa shape index (κ3) is 4.12. The van der Waals surface area contributed by atoms with E-state index in [9.17, 15) is 0 Å². The van der Waals surface area contributed by atoms with Crippen molar-refractivity contribution in [3.63, 3.8) is 0 Å². The third-order valence-corrected chi connectivity index (χ3v) is 4.66. The van der Waals surface area contributed by atoms with Gasteiger partial charge in [0.05, 0.1) is 19.8 Å². The lowest BCUT2D eigenvalue weighted by Crippen LogP contribution is -2.37. The van der Waals surface area contributed by atoms with E-state index in [2.05, 4.69) is 27.0 Å². The number of aryl methyl sites for hydroxylation is 1. The summed E-state index contributed by atoms with van der Waals surface area (Å²) in [5.74, 6) is 2.66. The molecule has 4 rings (SSSR count). The van der Waals surface area contributed by atoms with Gasteiger partial charge in [0.15, 0.2) is 0 Å². The van der Waals surface area contributed by atoms with Crippen LogP contribution in [-0.4, -0.2) is 53.5 Å². The fourth-order valence-corrected chi connectivity index (χ4v) is 3.05. The Morgan fingerprint density at radius 1 is 1.07 bits per heavy atom. The molecule has 1 aliphatic heterocycles. The second-order valence-corrected chi connectivity index (χ2v) is 6.69. The van der Waals surface area contributed by atoms with Gasteiger partial charge in [0.2, 0.25) is 17.7 Å². The van der Waals surface area contributed by atoms with Crippen LogP contribution in [0.1, 0.15) is 18.5 Å². The van der Waals surface area contributed by atoms with Crippen molar-refractivity contribution in [1.82, 2.24) is 20.2 Å². The van der Waals surface area contributed by atoms with Crippen molar-refractivity contribution >= 4 is 11.8 Å². The van der Waals surface area contributed by atoms with Crippen LogP contribution in [0.4, 0.5) is 11.8 Å². The highest BCUT2D eigenvalue weighted by Gasteiger charge is 2.18. The second kappa shape index (κ2) is 8.35. The molecule has 0 bridgehead atoms. The van der Waals surface area contributed by atoms with Crippen LogP contribution in [-0.2, 0) is 17.7 Å². The molecule has 0 amide bonds. The maximum absolute atomic E-state index is 5.83. The Labute approximate surface area is 164 Å². The van der Waals surface area contributed by atoms with Gasteiger partial charge in [-0.25, -0.2) is 4.98 Å². The number of morpholine rings is 1. The fraction of sp³-hybridized carbons (Fsp3) is 0.400. The quantitative estimate of drug-likeness (QED) is 0.645. The van der Waals surface area contributed by atoms with Gasteiger partial charge in [-0.3, -0.25) is 0 Å². The van der Waals surface area contributed by atoms with Crippen LogP contribution in [0.15, 0.2) is 40.8 Å². The topological polar surface area (TPSA) is 80.4 Å². The molecular weight excluding hydrogens is 356 g/mol. The molecule has 0 saturated carbocycles. The van der Waals surface area contributed by atoms with Crippen molar-refractivity contribution in [2.24, 2.45) is 0 Å². The Kier molecular flexibility index (Phi) is 5.48. The molecule has 3 heterocycles. The molecule has 8 nitrogen and oxygen atoms in total. The number of rotatable bonds is 6. The van der Waals surface area contributed by atoms with Gasteiger partial charge >= 0.3 is 0 Å². The highest BCUT2D eigenvalue weighted by atomic mass is 16.5. The van der Waals surface area contributed by atoms with Crippen molar-refractivity contribution in [2.75, 3.05) is 43.2 Å². The predicted octanol–water partition coefficient (Wildman–Crippen LogP) is 2.56. The average Bonchev–Trinajstić information content (AvgIpc) is 3.23. The lowest BCUT2D eigenvalue weighted by atomic mass is 10.2.